The molecule has 0 spiro atoms. The van der Waals surface area contributed by atoms with Crippen LogP contribution in [-0.2, 0) is 4.79 Å². The summed E-state index contributed by atoms with van der Waals surface area (Å²) >= 11 is 0. The maximum Gasteiger partial charge on any atom is 0.223 e. The van der Waals surface area contributed by atoms with Crippen LogP contribution in [0.3, 0.4) is 0 Å². The number of amides is 1. The van der Waals surface area contributed by atoms with Crippen molar-refractivity contribution in [2.24, 2.45) is 5.92 Å². The number of nitrogens with zero attached hydrogens (tertiary/aromatic N) is 2. The van der Waals surface area contributed by atoms with Crippen LogP contribution >= 0.6 is 0 Å². The van der Waals surface area contributed by atoms with E-state index >= 15 is 0 Å². The first-order chi connectivity index (χ1) is 12.2. The van der Waals surface area contributed by atoms with E-state index in [4.69, 9.17) is 4.74 Å². The molecular formula is C19H22N4O2. The number of pyridine rings is 1. The summed E-state index contributed by atoms with van der Waals surface area (Å²) in [6.07, 6.45) is 2.82. The van der Waals surface area contributed by atoms with E-state index < -0.39 is 0 Å². The van der Waals surface area contributed by atoms with Crippen molar-refractivity contribution in [1.82, 2.24) is 10.3 Å². The second kappa shape index (κ2) is 7.84. The molecule has 1 heterocycles. The molecule has 0 bridgehead atoms. The molecular weight excluding hydrogens is 316 g/mol. The molecule has 1 amide bonds. The molecule has 6 heteroatoms. The van der Waals surface area contributed by atoms with Gasteiger partial charge in [-0.05, 0) is 50.5 Å². The molecule has 3 rings (SSSR count). The molecule has 0 saturated heterocycles. The summed E-state index contributed by atoms with van der Waals surface area (Å²) in [4.78, 5) is 16.1. The van der Waals surface area contributed by atoms with E-state index in [0.717, 1.165) is 35.9 Å². The van der Waals surface area contributed by atoms with Crippen LogP contribution in [0.4, 0.5) is 5.82 Å². The second-order valence-corrected chi connectivity index (χ2v) is 6.13. The lowest BCUT2D eigenvalue weighted by molar-refractivity contribution is -0.122. The van der Waals surface area contributed by atoms with E-state index in [0.29, 0.717) is 31.1 Å². The summed E-state index contributed by atoms with van der Waals surface area (Å²) in [5.74, 6) is 1.74. The number of nitrogens with one attached hydrogen (secondary N) is 2. The Morgan fingerprint density at radius 3 is 2.92 bits per heavy atom. The predicted molar refractivity (Wildman–Crippen MR) is 96.5 cm³/mol. The minimum Gasteiger partial charge on any atom is -0.494 e. The van der Waals surface area contributed by atoms with Gasteiger partial charge in [0.15, 0.2) is 0 Å². The molecule has 0 aliphatic heterocycles. The van der Waals surface area contributed by atoms with Crippen molar-refractivity contribution in [3.8, 4) is 11.8 Å². The summed E-state index contributed by atoms with van der Waals surface area (Å²) < 4.78 is 5.49. The molecule has 0 unspecified atom stereocenters. The zero-order chi connectivity index (χ0) is 17.6. The third-order valence-electron chi connectivity index (χ3n) is 4.11. The molecule has 2 aromatic rings. The minimum atomic E-state index is 0.159. The number of hydrogen-bond donors (Lipinski definition) is 2. The number of ether oxygens (including phenoxy) is 1. The largest absolute Gasteiger partial charge is 0.494 e. The lowest BCUT2D eigenvalue weighted by Crippen LogP contribution is -2.27. The van der Waals surface area contributed by atoms with Gasteiger partial charge in [0.1, 0.15) is 17.6 Å². The van der Waals surface area contributed by atoms with Crippen LogP contribution in [0.1, 0.15) is 31.7 Å². The highest BCUT2D eigenvalue weighted by Gasteiger charge is 2.28. The molecule has 130 valence electrons. The normalized spacial score (nSPS) is 13.3. The van der Waals surface area contributed by atoms with Gasteiger partial charge in [-0.1, -0.05) is 0 Å². The second-order valence-electron chi connectivity index (χ2n) is 6.13. The van der Waals surface area contributed by atoms with E-state index in [1.54, 1.807) is 0 Å². The number of anilines is 1. The van der Waals surface area contributed by atoms with Crippen LogP contribution in [0.5, 0.6) is 5.75 Å². The summed E-state index contributed by atoms with van der Waals surface area (Å²) in [6, 6.07) is 9.67. The van der Waals surface area contributed by atoms with Crippen molar-refractivity contribution in [1.29, 1.82) is 5.26 Å². The first-order valence-electron chi connectivity index (χ1n) is 8.70. The summed E-state index contributed by atoms with van der Waals surface area (Å²) in [6.45, 7) is 3.81. The van der Waals surface area contributed by atoms with Crippen LogP contribution in [0.15, 0.2) is 24.3 Å². The predicted octanol–water partition coefficient (Wildman–Crippen LogP) is 2.83. The van der Waals surface area contributed by atoms with Crippen molar-refractivity contribution >= 4 is 22.6 Å². The van der Waals surface area contributed by atoms with Gasteiger partial charge in [0.2, 0.25) is 5.91 Å². The number of hydrogen-bond acceptors (Lipinski definition) is 5. The van der Waals surface area contributed by atoms with Gasteiger partial charge >= 0.3 is 0 Å². The Morgan fingerprint density at radius 2 is 2.20 bits per heavy atom. The van der Waals surface area contributed by atoms with Gasteiger partial charge in [0, 0.05) is 24.4 Å². The van der Waals surface area contributed by atoms with Gasteiger partial charge in [-0.15, -0.1) is 0 Å². The number of nitriles is 1. The fourth-order valence-electron chi connectivity index (χ4n) is 2.63. The molecule has 0 atom stereocenters. The van der Waals surface area contributed by atoms with Gasteiger partial charge in [0.25, 0.3) is 0 Å². The Morgan fingerprint density at radius 1 is 1.36 bits per heavy atom. The molecule has 2 N–H and O–H groups in total. The van der Waals surface area contributed by atoms with Crippen molar-refractivity contribution in [2.45, 2.75) is 26.2 Å². The summed E-state index contributed by atoms with van der Waals surface area (Å²) in [7, 11) is 0. The Kier molecular flexibility index (Phi) is 5.34. The van der Waals surface area contributed by atoms with E-state index in [2.05, 4.69) is 21.7 Å². The van der Waals surface area contributed by atoms with Crippen molar-refractivity contribution in [2.75, 3.05) is 25.0 Å². The quantitative estimate of drug-likeness (QED) is 0.723. The molecule has 0 radical (unpaired) electrons. The number of carbonyl (C=O) groups excluding carboxylic acids is 1. The Labute approximate surface area is 147 Å². The average molecular weight is 338 g/mol. The van der Waals surface area contributed by atoms with Gasteiger partial charge < -0.3 is 15.4 Å². The van der Waals surface area contributed by atoms with E-state index in [9.17, 15) is 10.1 Å². The molecule has 6 nitrogen and oxygen atoms in total. The molecule has 1 aromatic carbocycles. The number of aromatic nitrogens is 1. The Bertz CT molecular complexity index is 809. The van der Waals surface area contributed by atoms with Crippen molar-refractivity contribution in [3.63, 3.8) is 0 Å². The lowest BCUT2D eigenvalue weighted by atomic mass is 10.1. The fraction of sp³-hybridized carbons (Fsp3) is 0.421. The highest BCUT2D eigenvalue weighted by molar-refractivity contribution is 5.84. The Balaban J connectivity index is 1.60. The molecule has 1 saturated carbocycles. The average Bonchev–Trinajstić information content (AvgIpc) is 3.46. The van der Waals surface area contributed by atoms with Gasteiger partial charge in [-0.3, -0.25) is 4.79 Å². The van der Waals surface area contributed by atoms with Crippen LogP contribution in [0.25, 0.3) is 10.9 Å². The Hall–Kier alpha value is -2.81. The summed E-state index contributed by atoms with van der Waals surface area (Å²) in [5.41, 5.74) is 1.31. The summed E-state index contributed by atoms with van der Waals surface area (Å²) in [5, 5.41) is 16.4. The molecule has 1 aliphatic carbocycles. The molecule has 1 fully saturated rings. The van der Waals surface area contributed by atoms with E-state index in [1.807, 2.05) is 31.2 Å². The SMILES string of the molecule is CCOc1ccc2nc(NCCCNC(=O)C3CC3)c(C#N)cc2c1. The maximum atomic E-state index is 11.6. The molecule has 1 aliphatic rings. The maximum absolute atomic E-state index is 11.6. The third-order valence-corrected chi connectivity index (χ3v) is 4.11. The van der Waals surface area contributed by atoms with Crippen LogP contribution < -0.4 is 15.4 Å². The van der Waals surface area contributed by atoms with E-state index in [-0.39, 0.29) is 11.8 Å². The fourth-order valence-corrected chi connectivity index (χ4v) is 2.63. The van der Waals surface area contributed by atoms with Gasteiger partial charge in [0.05, 0.1) is 17.7 Å². The van der Waals surface area contributed by atoms with Crippen molar-refractivity contribution < 1.29 is 9.53 Å². The highest BCUT2D eigenvalue weighted by Crippen LogP contribution is 2.28. The number of carbonyl (C=O) groups is 1. The zero-order valence-corrected chi connectivity index (χ0v) is 14.3. The third kappa shape index (κ3) is 4.38. The number of fused-ring (bicyclic) bond motifs is 1. The highest BCUT2D eigenvalue weighted by atomic mass is 16.5. The van der Waals surface area contributed by atoms with Crippen molar-refractivity contribution in [3.05, 3.63) is 29.8 Å². The number of rotatable bonds is 8. The van der Waals surface area contributed by atoms with E-state index in [1.165, 1.54) is 0 Å². The van der Waals surface area contributed by atoms with Crippen LogP contribution in [-0.4, -0.2) is 30.6 Å². The first-order valence-corrected chi connectivity index (χ1v) is 8.70. The monoisotopic (exact) mass is 338 g/mol. The molecule has 25 heavy (non-hydrogen) atoms. The molecule has 1 aromatic heterocycles. The lowest BCUT2D eigenvalue weighted by Gasteiger charge is -2.10. The minimum absolute atomic E-state index is 0.159. The van der Waals surface area contributed by atoms with Gasteiger partial charge in [-0.25, -0.2) is 4.98 Å². The number of benzene rings is 1. The smallest absolute Gasteiger partial charge is 0.223 e. The topological polar surface area (TPSA) is 87.0 Å². The van der Waals surface area contributed by atoms with Crippen LogP contribution in [0.2, 0.25) is 0 Å². The van der Waals surface area contributed by atoms with Gasteiger partial charge in [-0.2, -0.15) is 5.26 Å². The first kappa shape index (κ1) is 17.0. The standard InChI is InChI=1S/C19H22N4O2/c1-2-25-16-6-7-17-14(11-16)10-15(12-20)18(23-17)21-8-3-9-22-19(24)13-4-5-13/h6-7,10-11,13H,2-5,8-9H2,1H3,(H,21,23)(H,22,24). The van der Waals surface area contributed by atoms with Crippen LogP contribution in [0, 0.1) is 17.2 Å². The zero-order valence-electron chi connectivity index (χ0n) is 14.3.